The van der Waals surface area contributed by atoms with E-state index in [0.717, 1.165) is 5.39 Å². The number of fused-ring (bicyclic) bond motifs is 1. The Morgan fingerprint density at radius 3 is 2.41 bits per heavy atom. The Bertz CT molecular complexity index is 1460. The Balaban J connectivity index is 1.64. The molecule has 7 nitrogen and oxygen atoms in total. The highest BCUT2D eigenvalue weighted by Crippen LogP contribution is 2.42. The van der Waals surface area contributed by atoms with Crippen LogP contribution < -0.4 is 9.64 Å². The van der Waals surface area contributed by atoms with Crippen LogP contribution in [0, 0.1) is 11.3 Å². The number of anilines is 1. The first-order valence-corrected chi connectivity index (χ1v) is 10.5. The van der Waals surface area contributed by atoms with E-state index in [1.807, 2.05) is 18.2 Å². The van der Waals surface area contributed by atoms with E-state index in [0.29, 0.717) is 28.1 Å². The number of aliphatic hydroxyl groups is 1. The van der Waals surface area contributed by atoms with Gasteiger partial charge in [0, 0.05) is 11.1 Å². The number of ketones is 1. The summed E-state index contributed by atoms with van der Waals surface area (Å²) in [7, 11) is 1.54. The summed E-state index contributed by atoms with van der Waals surface area (Å²) in [6.07, 6.45) is 0. The molecular formula is C27H18N2O5. The van der Waals surface area contributed by atoms with Crippen molar-refractivity contribution in [3.8, 4) is 11.8 Å². The van der Waals surface area contributed by atoms with Gasteiger partial charge in [0.15, 0.2) is 11.5 Å². The van der Waals surface area contributed by atoms with Gasteiger partial charge in [0.1, 0.15) is 11.3 Å². The fraction of sp³-hybridized carbons (Fsp3) is 0.0741. The highest BCUT2D eigenvalue weighted by Gasteiger charge is 2.45. The summed E-state index contributed by atoms with van der Waals surface area (Å²) in [6, 6.07) is 23.2. The highest BCUT2D eigenvalue weighted by atomic mass is 16.5. The quantitative estimate of drug-likeness (QED) is 0.425. The number of nitrogens with zero attached hydrogens (tertiary/aromatic N) is 2. The van der Waals surface area contributed by atoms with E-state index in [9.17, 15) is 14.7 Å². The maximum atomic E-state index is 13.6. The molecule has 0 saturated heterocycles. The number of methoxy groups -OCH3 is 1. The molecule has 1 aromatic heterocycles. The third-order valence-electron chi connectivity index (χ3n) is 5.81. The van der Waals surface area contributed by atoms with Crippen LogP contribution >= 0.6 is 0 Å². The van der Waals surface area contributed by atoms with Gasteiger partial charge in [-0.1, -0.05) is 30.3 Å². The number of ether oxygens (including phenoxy) is 1. The molecule has 34 heavy (non-hydrogen) atoms. The summed E-state index contributed by atoms with van der Waals surface area (Å²) in [5.41, 5.74) is 1.90. The van der Waals surface area contributed by atoms with Gasteiger partial charge in [-0.2, -0.15) is 5.26 Å². The SMILES string of the molecule is COc1ccc(C2C(C(=O)c3cc4ccccc4o3)=C(O)C(=O)N2c2ccc(C#N)cc2)cc1. The minimum atomic E-state index is -0.910. The molecule has 1 aliphatic heterocycles. The number of hydrogen-bond donors (Lipinski definition) is 1. The van der Waals surface area contributed by atoms with Gasteiger partial charge >= 0.3 is 0 Å². The number of aliphatic hydroxyl groups excluding tert-OH is 1. The molecule has 1 unspecified atom stereocenters. The molecule has 0 fully saturated rings. The Labute approximate surface area is 194 Å². The molecule has 1 amide bonds. The van der Waals surface area contributed by atoms with E-state index in [1.165, 1.54) is 4.90 Å². The number of carbonyl (C=O) groups excluding carboxylic acids is 2. The molecule has 0 saturated carbocycles. The van der Waals surface area contributed by atoms with Gasteiger partial charge < -0.3 is 14.3 Å². The summed E-state index contributed by atoms with van der Waals surface area (Å²) in [6.45, 7) is 0. The zero-order chi connectivity index (χ0) is 23.8. The molecule has 1 N–H and O–H groups in total. The monoisotopic (exact) mass is 450 g/mol. The first kappa shape index (κ1) is 21.0. The minimum absolute atomic E-state index is 0.0238. The number of furan rings is 1. The number of nitriles is 1. The van der Waals surface area contributed by atoms with Crippen LogP contribution in [0.15, 0.2) is 94.6 Å². The molecule has 0 spiro atoms. The zero-order valence-corrected chi connectivity index (χ0v) is 18.1. The van der Waals surface area contributed by atoms with Crippen molar-refractivity contribution in [3.05, 3.63) is 107 Å². The summed E-state index contributed by atoms with van der Waals surface area (Å²) in [5.74, 6) is -1.31. The van der Waals surface area contributed by atoms with Crippen molar-refractivity contribution in [2.75, 3.05) is 12.0 Å². The van der Waals surface area contributed by atoms with Gasteiger partial charge in [0.05, 0.1) is 30.4 Å². The van der Waals surface area contributed by atoms with E-state index >= 15 is 0 Å². The number of para-hydroxylation sites is 1. The largest absolute Gasteiger partial charge is 0.503 e. The number of rotatable bonds is 5. The normalized spacial score (nSPS) is 15.6. The van der Waals surface area contributed by atoms with Gasteiger partial charge in [0.25, 0.3) is 5.91 Å². The predicted octanol–water partition coefficient (Wildman–Crippen LogP) is 5.10. The number of Topliss-reactive ketones (excluding diaryl/α,β-unsaturated/α-hetero) is 1. The Morgan fingerprint density at radius 2 is 1.76 bits per heavy atom. The van der Waals surface area contributed by atoms with Crippen LogP contribution in [0.1, 0.15) is 27.7 Å². The van der Waals surface area contributed by atoms with E-state index in [2.05, 4.69) is 0 Å². The first-order chi connectivity index (χ1) is 16.5. The van der Waals surface area contributed by atoms with Crippen LogP contribution in [0.3, 0.4) is 0 Å². The average molecular weight is 450 g/mol. The van der Waals surface area contributed by atoms with Crippen molar-refractivity contribution in [1.82, 2.24) is 0 Å². The van der Waals surface area contributed by atoms with E-state index in [-0.39, 0.29) is 11.3 Å². The van der Waals surface area contributed by atoms with Crippen molar-refractivity contribution in [1.29, 1.82) is 5.26 Å². The van der Waals surface area contributed by atoms with Crippen molar-refractivity contribution < 1.29 is 23.8 Å². The molecule has 1 atom stereocenters. The fourth-order valence-electron chi connectivity index (χ4n) is 4.13. The molecule has 0 aliphatic carbocycles. The third kappa shape index (κ3) is 3.38. The molecule has 2 heterocycles. The molecule has 0 bridgehead atoms. The average Bonchev–Trinajstić information content (AvgIpc) is 3.43. The first-order valence-electron chi connectivity index (χ1n) is 10.5. The van der Waals surface area contributed by atoms with Crippen molar-refractivity contribution in [3.63, 3.8) is 0 Å². The van der Waals surface area contributed by atoms with Crippen LogP contribution in [0.25, 0.3) is 11.0 Å². The lowest BCUT2D eigenvalue weighted by Gasteiger charge is -2.27. The van der Waals surface area contributed by atoms with E-state index in [1.54, 1.807) is 73.8 Å². The second kappa shape index (κ2) is 8.26. The summed E-state index contributed by atoms with van der Waals surface area (Å²) >= 11 is 0. The smallest absolute Gasteiger partial charge is 0.294 e. The molecule has 5 rings (SSSR count). The van der Waals surface area contributed by atoms with Gasteiger partial charge in [0.2, 0.25) is 5.78 Å². The van der Waals surface area contributed by atoms with Crippen LogP contribution in [0.2, 0.25) is 0 Å². The Morgan fingerprint density at radius 1 is 1.06 bits per heavy atom. The summed E-state index contributed by atoms with van der Waals surface area (Å²) < 4.78 is 11.0. The van der Waals surface area contributed by atoms with Crippen molar-refractivity contribution in [2.24, 2.45) is 0 Å². The van der Waals surface area contributed by atoms with E-state index in [4.69, 9.17) is 14.4 Å². The van der Waals surface area contributed by atoms with Crippen LogP contribution in [-0.2, 0) is 4.79 Å². The third-order valence-corrected chi connectivity index (χ3v) is 5.81. The maximum absolute atomic E-state index is 13.6. The minimum Gasteiger partial charge on any atom is -0.503 e. The summed E-state index contributed by atoms with van der Waals surface area (Å²) in [4.78, 5) is 28.2. The topological polar surface area (TPSA) is 104 Å². The summed E-state index contributed by atoms with van der Waals surface area (Å²) in [5, 5.41) is 20.7. The fourth-order valence-corrected chi connectivity index (χ4v) is 4.13. The molecule has 1 aliphatic rings. The Hall–Kier alpha value is -4.83. The number of amides is 1. The Kier molecular flexibility index (Phi) is 5.11. The van der Waals surface area contributed by atoms with E-state index < -0.39 is 23.5 Å². The van der Waals surface area contributed by atoms with Crippen LogP contribution in [0.5, 0.6) is 5.75 Å². The molecule has 0 radical (unpaired) electrons. The molecule has 4 aromatic rings. The number of benzene rings is 3. The molecule has 7 heteroatoms. The lowest BCUT2D eigenvalue weighted by Crippen LogP contribution is -2.31. The second-order valence-corrected chi connectivity index (χ2v) is 7.75. The standard InChI is InChI=1S/C27H18N2O5/c1-33-20-12-8-17(9-13-20)24-23(25(30)22-14-18-4-2-3-5-21(18)34-22)26(31)27(32)29(24)19-10-6-16(15-28)7-11-19/h2-14,24,31H,1H3. The predicted molar refractivity (Wildman–Crippen MR) is 125 cm³/mol. The zero-order valence-electron chi connectivity index (χ0n) is 18.1. The van der Waals surface area contributed by atoms with Gasteiger partial charge in [-0.15, -0.1) is 0 Å². The molecule has 166 valence electrons. The van der Waals surface area contributed by atoms with Crippen LogP contribution in [-0.4, -0.2) is 23.9 Å². The second-order valence-electron chi connectivity index (χ2n) is 7.75. The molecule has 3 aromatic carbocycles. The number of hydrogen-bond acceptors (Lipinski definition) is 6. The van der Waals surface area contributed by atoms with Gasteiger partial charge in [-0.05, 0) is 54.1 Å². The van der Waals surface area contributed by atoms with Crippen LogP contribution in [0.4, 0.5) is 5.69 Å². The highest BCUT2D eigenvalue weighted by molar-refractivity contribution is 6.20. The molecular weight excluding hydrogens is 432 g/mol. The maximum Gasteiger partial charge on any atom is 0.294 e. The van der Waals surface area contributed by atoms with Crippen molar-refractivity contribution in [2.45, 2.75) is 6.04 Å². The van der Waals surface area contributed by atoms with Crippen molar-refractivity contribution >= 4 is 28.3 Å². The lowest BCUT2D eigenvalue weighted by atomic mass is 9.94. The van der Waals surface area contributed by atoms with Gasteiger partial charge in [-0.25, -0.2) is 0 Å². The number of carbonyl (C=O) groups is 2. The van der Waals surface area contributed by atoms with Gasteiger partial charge in [-0.3, -0.25) is 14.5 Å². The lowest BCUT2D eigenvalue weighted by molar-refractivity contribution is -0.117.